The highest BCUT2D eigenvalue weighted by Gasteiger charge is 2.16. The standard InChI is InChI=1S/C17H16N8O2/c1-10(2)25-22-15(21-23-25)11-4-3-5-12(8-11)20-16-14-13(17(26)27)6-7-24(14)19-9-18-16/h3-10H,1-2H3,(H,26,27)(H,18,19,20). The predicted octanol–water partition coefficient (Wildman–Crippen LogP) is 2.41. The molecule has 0 saturated carbocycles. The van der Waals surface area contributed by atoms with E-state index in [-0.39, 0.29) is 11.6 Å². The summed E-state index contributed by atoms with van der Waals surface area (Å²) in [6.45, 7) is 3.95. The van der Waals surface area contributed by atoms with Gasteiger partial charge in [-0.2, -0.15) is 9.90 Å². The maximum absolute atomic E-state index is 11.5. The number of fused-ring (bicyclic) bond motifs is 1. The van der Waals surface area contributed by atoms with Crippen LogP contribution in [-0.2, 0) is 0 Å². The molecular weight excluding hydrogens is 348 g/mol. The Kier molecular flexibility index (Phi) is 3.99. The first-order chi connectivity index (χ1) is 13.0. The fraction of sp³-hybridized carbons (Fsp3) is 0.176. The van der Waals surface area contributed by atoms with E-state index in [1.807, 2.05) is 38.1 Å². The van der Waals surface area contributed by atoms with Crippen molar-refractivity contribution >= 4 is 23.0 Å². The van der Waals surface area contributed by atoms with Gasteiger partial charge in [-0.1, -0.05) is 12.1 Å². The zero-order valence-corrected chi connectivity index (χ0v) is 14.6. The molecule has 0 bridgehead atoms. The Labute approximate surface area is 153 Å². The Morgan fingerprint density at radius 3 is 2.85 bits per heavy atom. The summed E-state index contributed by atoms with van der Waals surface area (Å²) in [5.41, 5.74) is 2.01. The SMILES string of the molecule is CC(C)n1nnc(-c2cccc(Nc3ncnn4ccc(C(=O)O)c34)c2)n1. The van der Waals surface area contributed by atoms with Crippen LogP contribution in [0.5, 0.6) is 0 Å². The zero-order chi connectivity index (χ0) is 19.0. The monoisotopic (exact) mass is 364 g/mol. The first-order valence-corrected chi connectivity index (χ1v) is 8.25. The maximum Gasteiger partial charge on any atom is 0.338 e. The number of anilines is 2. The van der Waals surface area contributed by atoms with Gasteiger partial charge in [0, 0.05) is 17.4 Å². The van der Waals surface area contributed by atoms with Crippen molar-refractivity contribution in [2.45, 2.75) is 19.9 Å². The first kappa shape index (κ1) is 16.6. The van der Waals surface area contributed by atoms with E-state index in [0.717, 1.165) is 5.56 Å². The lowest BCUT2D eigenvalue weighted by atomic mass is 10.2. The van der Waals surface area contributed by atoms with Gasteiger partial charge in [-0.3, -0.25) is 0 Å². The van der Waals surface area contributed by atoms with Gasteiger partial charge in [-0.15, -0.1) is 10.2 Å². The molecule has 0 fully saturated rings. The number of hydrogen-bond acceptors (Lipinski definition) is 7. The molecular formula is C17H16N8O2. The summed E-state index contributed by atoms with van der Waals surface area (Å²) in [5, 5.41) is 29.1. The van der Waals surface area contributed by atoms with Gasteiger partial charge in [0.2, 0.25) is 5.82 Å². The van der Waals surface area contributed by atoms with Gasteiger partial charge < -0.3 is 10.4 Å². The van der Waals surface area contributed by atoms with Gasteiger partial charge in [-0.05, 0) is 37.3 Å². The number of aromatic nitrogens is 7. The van der Waals surface area contributed by atoms with Gasteiger partial charge in [0.25, 0.3) is 0 Å². The number of tetrazole rings is 1. The molecule has 0 aliphatic rings. The molecule has 0 amide bonds. The smallest absolute Gasteiger partial charge is 0.338 e. The quantitative estimate of drug-likeness (QED) is 0.553. The summed E-state index contributed by atoms with van der Waals surface area (Å²) in [4.78, 5) is 17.2. The topological polar surface area (TPSA) is 123 Å². The van der Waals surface area contributed by atoms with E-state index in [2.05, 4.69) is 30.8 Å². The van der Waals surface area contributed by atoms with Gasteiger partial charge >= 0.3 is 5.97 Å². The molecule has 3 aromatic heterocycles. The van der Waals surface area contributed by atoms with Crippen LogP contribution in [0.4, 0.5) is 11.5 Å². The lowest BCUT2D eigenvalue weighted by Gasteiger charge is -2.08. The highest BCUT2D eigenvalue weighted by Crippen LogP contribution is 2.25. The van der Waals surface area contributed by atoms with Crippen molar-refractivity contribution in [1.29, 1.82) is 0 Å². The van der Waals surface area contributed by atoms with E-state index in [1.165, 1.54) is 16.9 Å². The second-order valence-corrected chi connectivity index (χ2v) is 6.17. The van der Waals surface area contributed by atoms with Crippen LogP contribution in [-0.4, -0.2) is 45.9 Å². The van der Waals surface area contributed by atoms with E-state index in [1.54, 1.807) is 11.0 Å². The van der Waals surface area contributed by atoms with Crippen LogP contribution in [0.3, 0.4) is 0 Å². The van der Waals surface area contributed by atoms with E-state index in [9.17, 15) is 9.90 Å². The minimum absolute atomic E-state index is 0.116. The van der Waals surface area contributed by atoms with Crippen molar-refractivity contribution in [3.63, 3.8) is 0 Å². The summed E-state index contributed by atoms with van der Waals surface area (Å²) in [7, 11) is 0. The molecule has 136 valence electrons. The Morgan fingerprint density at radius 1 is 1.26 bits per heavy atom. The number of carboxylic acids is 1. The number of benzene rings is 1. The Balaban J connectivity index is 1.70. The average molecular weight is 364 g/mol. The number of carboxylic acid groups (broad SMARTS) is 1. The van der Waals surface area contributed by atoms with Crippen molar-refractivity contribution in [1.82, 2.24) is 34.8 Å². The molecule has 0 saturated heterocycles. The molecule has 0 spiro atoms. The summed E-state index contributed by atoms with van der Waals surface area (Å²) in [6, 6.07) is 9.03. The van der Waals surface area contributed by atoms with Gasteiger partial charge in [0.1, 0.15) is 11.8 Å². The summed E-state index contributed by atoms with van der Waals surface area (Å²) in [6.07, 6.45) is 2.94. The number of aromatic carboxylic acids is 1. The van der Waals surface area contributed by atoms with Crippen LogP contribution in [0.15, 0.2) is 42.9 Å². The van der Waals surface area contributed by atoms with Crippen LogP contribution >= 0.6 is 0 Å². The van der Waals surface area contributed by atoms with Crippen molar-refractivity contribution in [3.8, 4) is 11.4 Å². The Hall–Kier alpha value is -3.82. The summed E-state index contributed by atoms with van der Waals surface area (Å²) in [5.74, 6) is -0.143. The van der Waals surface area contributed by atoms with Gasteiger partial charge in [0.05, 0.1) is 11.6 Å². The lowest BCUT2D eigenvalue weighted by Crippen LogP contribution is -2.04. The fourth-order valence-corrected chi connectivity index (χ4v) is 2.65. The Morgan fingerprint density at radius 2 is 2.11 bits per heavy atom. The number of hydrogen-bond donors (Lipinski definition) is 2. The number of rotatable bonds is 5. The van der Waals surface area contributed by atoms with Crippen LogP contribution in [0.25, 0.3) is 16.9 Å². The van der Waals surface area contributed by atoms with E-state index in [4.69, 9.17) is 0 Å². The fourth-order valence-electron chi connectivity index (χ4n) is 2.65. The van der Waals surface area contributed by atoms with Gasteiger partial charge in [-0.25, -0.2) is 14.3 Å². The maximum atomic E-state index is 11.5. The van der Waals surface area contributed by atoms with Crippen molar-refractivity contribution in [3.05, 3.63) is 48.4 Å². The molecule has 1 aromatic carbocycles. The molecule has 10 nitrogen and oxygen atoms in total. The molecule has 27 heavy (non-hydrogen) atoms. The summed E-state index contributed by atoms with van der Waals surface area (Å²) < 4.78 is 1.47. The molecule has 0 atom stereocenters. The number of nitrogens with zero attached hydrogens (tertiary/aromatic N) is 7. The van der Waals surface area contributed by atoms with E-state index in [0.29, 0.717) is 22.8 Å². The third-order valence-electron chi connectivity index (χ3n) is 3.96. The molecule has 0 aliphatic heterocycles. The minimum Gasteiger partial charge on any atom is -0.478 e. The number of nitrogens with one attached hydrogen (secondary N) is 1. The highest BCUT2D eigenvalue weighted by atomic mass is 16.4. The lowest BCUT2D eigenvalue weighted by molar-refractivity contribution is 0.0699. The second kappa shape index (κ2) is 6.48. The Bertz CT molecular complexity index is 1130. The molecule has 3 heterocycles. The molecule has 2 N–H and O–H groups in total. The largest absolute Gasteiger partial charge is 0.478 e. The predicted molar refractivity (Wildman–Crippen MR) is 96.9 cm³/mol. The summed E-state index contributed by atoms with van der Waals surface area (Å²) >= 11 is 0. The van der Waals surface area contributed by atoms with Crippen molar-refractivity contribution in [2.24, 2.45) is 0 Å². The van der Waals surface area contributed by atoms with Crippen LogP contribution in [0, 0.1) is 0 Å². The molecule has 4 rings (SSSR count). The third-order valence-corrected chi connectivity index (χ3v) is 3.96. The third kappa shape index (κ3) is 3.08. The molecule has 10 heteroatoms. The van der Waals surface area contributed by atoms with Gasteiger partial charge in [0.15, 0.2) is 5.82 Å². The normalized spacial score (nSPS) is 11.2. The molecule has 0 aliphatic carbocycles. The number of carbonyl (C=O) groups is 1. The van der Waals surface area contributed by atoms with Crippen LogP contribution < -0.4 is 5.32 Å². The zero-order valence-electron chi connectivity index (χ0n) is 14.6. The average Bonchev–Trinajstić information content (AvgIpc) is 3.30. The highest BCUT2D eigenvalue weighted by molar-refractivity contribution is 5.99. The van der Waals surface area contributed by atoms with E-state index < -0.39 is 5.97 Å². The molecule has 0 unspecified atom stereocenters. The van der Waals surface area contributed by atoms with Crippen LogP contribution in [0.2, 0.25) is 0 Å². The molecule has 0 radical (unpaired) electrons. The van der Waals surface area contributed by atoms with Crippen molar-refractivity contribution < 1.29 is 9.90 Å². The van der Waals surface area contributed by atoms with E-state index >= 15 is 0 Å². The van der Waals surface area contributed by atoms with Crippen LogP contribution in [0.1, 0.15) is 30.2 Å². The minimum atomic E-state index is -1.04. The van der Waals surface area contributed by atoms with Crippen molar-refractivity contribution in [2.75, 3.05) is 5.32 Å². The second-order valence-electron chi connectivity index (χ2n) is 6.17. The molecule has 4 aromatic rings. The first-order valence-electron chi connectivity index (χ1n) is 8.25.